The monoisotopic (exact) mass is 551 g/mol. The zero-order valence-corrected chi connectivity index (χ0v) is 21.6. The Morgan fingerprint density at radius 3 is 2.54 bits per heavy atom. The number of rotatable bonds is 9. The summed E-state index contributed by atoms with van der Waals surface area (Å²) in [5, 5.41) is 1.40. The third-order valence-corrected chi connectivity index (χ3v) is 7.44. The van der Waals surface area contributed by atoms with Crippen molar-refractivity contribution >= 4 is 38.2 Å². The van der Waals surface area contributed by atoms with E-state index in [0.717, 1.165) is 46.3 Å². The number of thiazole rings is 1. The number of carbonyl (C=O) groups is 1. The number of benzene rings is 2. The number of amides is 1. The van der Waals surface area contributed by atoms with Crippen LogP contribution >= 0.6 is 11.3 Å². The van der Waals surface area contributed by atoms with Crippen molar-refractivity contribution in [3.63, 3.8) is 0 Å². The van der Waals surface area contributed by atoms with Crippen LogP contribution in [0.3, 0.4) is 0 Å². The first-order valence-electron chi connectivity index (χ1n) is 11.3. The maximum Gasteiger partial charge on any atom is 0.416 e. The molecule has 0 aliphatic carbocycles. The van der Waals surface area contributed by atoms with E-state index in [9.17, 15) is 26.4 Å². The van der Waals surface area contributed by atoms with Crippen LogP contribution in [0.25, 0.3) is 21.5 Å². The van der Waals surface area contributed by atoms with Crippen molar-refractivity contribution < 1.29 is 31.1 Å². The molecule has 0 spiro atoms. The van der Waals surface area contributed by atoms with E-state index in [1.54, 1.807) is 18.3 Å². The average molecular weight is 552 g/mol. The first-order chi connectivity index (χ1) is 17.4. The Bertz CT molecular complexity index is 1530. The summed E-state index contributed by atoms with van der Waals surface area (Å²) in [6, 6.07) is 10.4. The summed E-state index contributed by atoms with van der Waals surface area (Å²) < 4.78 is 69.1. The molecule has 0 saturated carbocycles. The van der Waals surface area contributed by atoms with Crippen LogP contribution in [0.1, 0.15) is 28.6 Å². The zero-order chi connectivity index (χ0) is 26.8. The van der Waals surface area contributed by atoms with Crippen molar-refractivity contribution in [2.24, 2.45) is 0 Å². The van der Waals surface area contributed by atoms with Crippen molar-refractivity contribution in [1.82, 2.24) is 14.7 Å². The smallest absolute Gasteiger partial charge is 0.416 e. The Hall–Kier alpha value is -3.38. The number of sulfonamides is 1. The van der Waals surface area contributed by atoms with Crippen molar-refractivity contribution in [3.05, 3.63) is 70.4 Å². The van der Waals surface area contributed by atoms with E-state index in [4.69, 9.17) is 4.74 Å². The van der Waals surface area contributed by atoms with Gasteiger partial charge >= 0.3 is 6.18 Å². The van der Waals surface area contributed by atoms with Crippen LogP contribution in [0, 0.1) is 0 Å². The van der Waals surface area contributed by atoms with Crippen LogP contribution in [0.2, 0.25) is 0 Å². The molecule has 12 heteroatoms. The molecule has 0 bridgehead atoms. The number of nitrogens with zero attached hydrogens (tertiary/aromatic N) is 1. The second kappa shape index (κ2) is 10.5. The quantitative estimate of drug-likeness (QED) is 0.301. The number of hydrogen-bond donors (Lipinski definition) is 2. The van der Waals surface area contributed by atoms with Crippen molar-refractivity contribution in [3.8, 4) is 16.3 Å². The lowest BCUT2D eigenvalue weighted by Crippen LogP contribution is -2.30. The predicted molar refractivity (Wildman–Crippen MR) is 136 cm³/mol. The van der Waals surface area contributed by atoms with Gasteiger partial charge in [0, 0.05) is 34.0 Å². The maximum absolute atomic E-state index is 12.9. The highest BCUT2D eigenvalue weighted by atomic mass is 32.2. The molecule has 37 heavy (non-hydrogen) atoms. The van der Waals surface area contributed by atoms with Gasteiger partial charge in [-0.1, -0.05) is 19.1 Å². The number of carbonyl (C=O) groups excluding carboxylic acids is 1. The van der Waals surface area contributed by atoms with E-state index >= 15 is 0 Å². The van der Waals surface area contributed by atoms with Gasteiger partial charge in [-0.05, 0) is 42.3 Å². The highest BCUT2D eigenvalue weighted by Gasteiger charge is 2.30. The lowest BCUT2D eigenvalue weighted by Gasteiger charge is -2.07. The van der Waals surface area contributed by atoms with E-state index in [2.05, 4.69) is 9.97 Å². The molecule has 2 aromatic heterocycles. The Morgan fingerprint density at radius 1 is 1.16 bits per heavy atom. The number of H-pyrrole nitrogens is 1. The molecule has 0 aliphatic heterocycles. The second-order valence-electron chi connectivity index (χ2n) is 8.41. The summed E-state index contributed by atoms with van der Waals surface area (Å²) in [5.41, 5.74) is 2.18. The maximum atomic E-state index is 12.9. The van der Waals surface area contributed by atoms with Gasteiger partial charge in [-0.15, -0.1) is 11.3 Å². The molecule has 0 unspecified atom stereocenters. The number of hydrogen-bond acceptors (Lipinski definition) is 6. The second-order valence-corrected chi connectivity index (χ2v) is 11.2. The highest BCUT2D eigenvalue weighted by Crippen LogP contribution is 2.33. The summed E-state index contributed by atoms with van der Waals surface area (Å²) in [5.74, 6) is -0.0534. The summed E-state index contributed by atoms with van der Waals surface area (Å²) in [6.07, 6.45) is -0.670. The van der Waals surface area contributed by atoms with Gasteiger partial charge in [0.2, 0.25) is 15.9 Å². The van der Waals surface area contributed by atoms with Gasteiger partial charge in [0.25, 0.3) is 0 Å². The number of aromatic nitrogens is 2. The molecule has 7 nitrogen and oxygen atoms in total. The summed E-state index contributed by atoms with van der Waals surface area (Å²) in [4.78, 5) is 20.8. The van der Waals surface area contributed by atoms with Gasteiger partial charge in [-0.25, -0.2) is 13.4 Å². The molecule has 4 rings (SSSR count). The molecular formula is C25H24F3N3O4S2. The summed E-state index contributed by atoms with van der Waals surface area (Å²) >= 11 is 1.45. The molecule has 196 valence electrons. The van der Waals surface area contributed by atoms with Gasteiger partial charge in [0.05, 0.1) is 30.5 Å². The number of alkyl halides is 3. The first-order valence-corrected chi connectivity index (χ1v) is 14.0. The van der Waals surface area contributed by atoms with E-state index in [-0.39, 0.29) is 6.42 Å². The van der Waals surface area contributed by atoms with Gasteiger partial charge < -0.3 is 9.72 Å². The molecule has 4 aromatic rings. The van der Waals surface area contributed by atoms with Gasteiger partial charge in [-0.2, -0.15) is 13.2 Å². The van der Waals surface area contributed by atoms with Gasteiger partial charge in [0.1, 0.15) is 10.8 Å². The van der Waals surface area contributed by atoms with E-state index < -0.39 is 27.7 Å². The highest BCUT2D eigenvalue weighted by molar-refractivity contribution is 7.89. The van der Waals surface area contributed by atoms with Crippen molar-refractivity contribution in [2.45, 2.75) is 32.4 Å². The fourth-order valence-electron chi connectivity index (χ4n) is 3.86. The fraction of sp³-hybridized carbons (Fsp3) is 0.280. The van der Waals surface area contributed by atoms with Crippen molar-refractivity contribution in [1.29, 1.82) is 0 Å². The first kappa shape index (κ1) is 26.7. The molecule has 2 heterocycles. The average Bonchev–Trinajstić information content (AvgIpc) is 3.41. The Kier molecular flexibility index (Phi) is 7.60. The Labute approximate surface area is 215 Å². The normalized spacial score (nSPS) is 12.1. The SMILES string of the molecule is CCc1sc(-c2ccc(C(F)(F)F)cc2)nc1CCOc1ccc2[nH]cc(CC(=O)NS(C)(=O)=O)c2c1. The minimum absolute atomic E-state index is 0.109. The molecule has 0 saturated heterocycles. The van der Waals surface area contributed by atoms with Crippen LogP contribution in [0.5, 0.6) is 5.75 Å². The van der Waals surface area contributed by atoms with Crippen LogP contribution < -0.4 is 9.46 Å². The molecule has 0 radical (unpaired) electrons. The molecular weight excluding hydrogens is 527 g/mol. The van der Waals surface area contributed by atoms with Crippen LogP contribution in [0.4, 0.5) is 13.2 Å². The standard InChI is InChI=1S/C25H24F3N3O4S2/c1-3-22-21(30-24(36-22)15-4-6-17(7-5-15)25(26,27)28)10-11-35-18-8-9-20-19(13-18)16(14-29-20)12-23(32)31-37(2,33)34/h4-9,13-14,29H,3,10-12H2,1-2H3,(H,31,32). The third kappa shape index (κ3) is 6.69. The Morgan fingerprint density at radius 2 is 1.89 bits per heavy atom. The van der Waals surface area contributed by atoms with E-state index in [0.29, 0.717) is 34.9 Å². The zero-order valence-electron chi connectivity index (χ0n) is 20.0. The molecule has 2 aromatic carbocycles. The third-order valence-electron chi connectivity index (χ3n) is 5.56. The number of halogens is 3. The largest absolute Gasteiger partial charge is 0.493 e. The fourth-order valence-corrected chi connectivity index (χ4v) is 5.39. The lowest BCUT2D eigenvalue weighted by atomic mass is 10.1. The number of fused-ring (bicyclic) bond motifs is 1. The molecule has 1 amide bonds. The Balaban J connectivity index is 1.43. The summed E-state index contributed by atoms with van der Waals surface area (Å²) in [6.45, 7) is 2.32. The number of nitrogens with one attached hydrogen (secondary N) is 2. The van der Waals surface area contributed by atoms with E-state index in [1.807, 2.05) is 17.7 Å². The molecule has 2 N–H and O–H groups in total. The van der Waals surface area contributed by atoms with Crippen molar-refractivity contribution in [2.75, 3.05) is 12.9 Å². The topological polar surface area (TPSA) is 101 Å². The lowest BCUT2D eigenvalue weighted by molar-refractivity contribution is -0.137. The predicted octanol–water partition coefficient (Wildman–Crippen LogP) is 5.11. The minimum atomic E-state index is -4.38. The van der Waals surface area contributed by atoms with Crippen LogP contribution in [-0.2, 0) is 40.3 Å². The molecule has 0 fully saturated rings. The molecule has 0 atom stereocenters. The van der Waals surface area contributed by atoms with Crippen LogP contribution in [0.15, 0.2) is 48.7 Å². The number of aromatic amines is 1. The van der Waals surface area contributed by atoms with Gasteiger partial charge in [0.15, 0.2) is 0 Å². The van der Waals surface area contributed by atoms with Gasteiger partial charge in [-0.3, -0.25) is 9.52 Å². The number of aryl methyl sites for hydroxylation is 1. The molecule has 0 aliphatic rings. The minimum Gasteiger partial charge on any atom is -0.493 e. The van der Waals surface area contributed by atoms with E-state index in [1.165, 1.54) is 23.5 Å². The number of ether oxygens (including phenoxy) is 1. The van der Waals surface area contributed by atoms with Crippen LogP contribution in [-0.4, -0.2) is 37.2 Å². The summed E-state index contributed by atoms with van der Waals surface area (Å²) in [7, 11) is -3.64.